The zero-order chi connectivity index (χ0) is 17.7. The van der Waals surface area contributed by atoms with Gasteiger partial charge in [-0.1, -0.05) is 0 Å². The summed E-state index contributed by atoms with van der Waals surface area (Å²) in [7, 11) is 0. The molecule has 7 nitrogen and oxygen atoms in total. The molecule has 5 fully saturated rings. The largest absolute Gasteiger partial charge is 0.443 e. The number of hydrogen-bond donors (Lipinski definition) is 2. The van der Waals surface area contributed by atoms with E-state index < -0.39 is 11.7 Å². The molecule has 2 amide bonds. The van der Waals surface area contributed by atoms with E-state index in [1.807, 2.05) is 0 Å². The van der Waals surface area contributed by atoms with E-state index in [2.05, 4.69) is 11.4 Å². The van der Waals surface area contributed by atoms with Crippen molar-refractivity contribution in [2.75, 3.05) is 13.1 Å². The fraction of sp³-hybridized carbons (Fsp3) is 0.833. The predicted octanol–water partition coefficient (Wildman–Crippen LogP) is 1.28. The summed E-state index contributed by atoms with van der Waals surface area (Å²) in [5.41, 5.74) is 4.73. The Morgan fingerprint density at radius 1 is 1.28 bits per heavy atom. The number of amides is 2. The Morgan fingerprint density at radius 3 is 2.64 bits per heavy atom. The molecule has 0 aromatic heterocycles. The summed E-state index contributed by atoms with van der Waals surface area (Å²) in [6.45, 7) is 0.927. The van der Waals surface area contributed by atoms with Crippen molar-refractivity contribution in [1.29, 1.82) is 5.26 Å². The minimum atomic E-state index is -0.692. The van der Waals surface area contributed by atoms with Gasteiger partial charge >= 0.3 is 6.09 Å². The highest BCUT2D eigenvalue weighted by Crippen LogP contribution is 2.58. The van der Waals surface area contributed by atoms with Crippen LogP contribution in [-0.2, 0) is 9.53 Å². The third-order valence-electron chi connectivity index (χ3n) is 6.66. The number of carbonyl (C=O) groups excluding carboxylic acids is 2. The van der Waals surface area contributed by atoms with E-state index in [9.17, 15) is 14.9 Å². The molecule has 1 saturated heterocycles. The summed E-state index contributed by atoms with van der Waals surface area (Å²) in [6.07, 6.45) is 6.75. The molecule has 3 atom stereocenters. The van der Waals surface area contributed by atoms with Crippen molar-refractivity contribution in [2.45, 2.75) is 68.5 Å². The fourth-order valence-electron chi connectivity index (χ4n) is 6.28. The van der Waals surface area contributed by atoms with Crippen LogP contribution in [0.4, 0.5) is 4.79 Å². The van der Waals surface area contributed by atoms with E-state index >= 15 is 0 Å². The summed E-state index contributed by atoms with van der Waals surface area (Å²) in [4.78, 5) is 25.7. The van der Waals surface area contributed by atoms with E-state index in [0.717, 1.165) is 44.9 Å². The number of primary amides is 1. The molecule has 0 spiro atoms. The molecule has 7 heteroatoms. The third-order valence-corrected chi connectivity index (χ3v) is 6.66. The second kappa shape index (κ2) is 5.87. The lowest BCUT2D eigenvalue weighted by molar-refractivity contribution is -0.147. The molecule has 5 aliphatic rings. The molecule has 2 unspecified atom stereocenters. The van der Waals surface area contributed by atoms with Gasteiger partial charge in [0.1, 0.15) is 11.6 Å². The minimum Gasteiger partial charge on any atom is -0.443 e. The lowest BCUT2D eigenvalue weighted by Crippen LogP contribution is -2.66. The average Bonchev–Trinajstić information content (AvgIpc) is 2.98. The first-order valence-corrected chi connectivity index (χ1v) is 9.35. The van der Waals surface area contributed by atoms with Crippen molar-refractivity contribution in [3.8, 4) is 6.07 Å². The van der Waals surface area contributed by atoms with Gasteiger partial charge in [-0.05, 0) is 56.8 Å². The van der Waals surface area contributed by atoms with Crippen LogP contribution in [-0.4, -0.2) is 47.2 Å². The van der Waals surface area contributed by atoms with Gasteiger partial charge in [0, 0.05) is 18.5 Å². The van der Waals surface area contributed by atoms with Crippen LogP contribution in [0.3, 0.4) is 0 Å². The summed E-state index contributed by atoms with van der Waals surface area (Å²) >= 11 is 0. The second-order valence-electron chi connectivity index (χ2n) is 8.57. The van der Waals surface area contributed by atoms with Crippen LogP contribution in [0.2, 0.25) is 0 Å². The molecule has 0 aromatic carbocycles. The molecule has 25 heavy (non-hydrogen) atoms. The number of carbonyl (C=O) groups is 2. The summed E-state index contributed by atoms with van der Waals surface area (Å²) in [5.74, 6) is 1.06. The summed E-state index contributed by atoms with van der Waals surface area (Å²) in [5, 5.41) is 12.7. The molecule has 5 rings (SSSR count). The molecule has 136 valence electrons. The maximum Gasteiger partial charge on any atom is 0.405 e. The lowest BCUT2D eigenvalue weighted by Gasteiger charge is -2.61. The average molecular weight is 346 g/mol. The van der Waals surface area contributed by atoms with Gasteiger partial charge in [0.15, 0.2) is 0 Å². The summed E-state index contributed by atoms with van der Waals surface area (Å²) < 4.78 is 5.58. The van der Waals surface area contributed by atoms with Crippen molar-refractivity contribution in [3.05, 3.63) is 0 Å². The molecule has 1 heterocycles. The van der Waals surface area contributed by atoms with E-state index in [4.69, 9.17) is 10.5 Å². The van der Waals surface area contributed by atoms with Crippen LogP contribution in [0.15, 0.2) is 0 Å². The maximum atomic E-state index is 12.6. The zero-order valence-corrected chi connectivity index (χ0v) is 14.5. The lowest BCUT2D eigenvalue weighted by atomic mass is 9.51. The highest BCUT2D eigenvalue weighted by Gasteiger charge is 2.59. The number of hydrogen-bond acceptors (Lipinski definition) is 5. The molecule has 3 N–H and O–H groups in total. The highest BCUT2D eigenvalue weighted by molar-refractivity contribution is 5.79. The van der Waals surface area contributed by atoms with Gasteiger partial charge in [0.25, 0.3) is 0 Å². The van der Waals surface area contributed by atoms with Crippen molar-refractivity contribution in [2.24, 2.45) is 17.6 Å². The van der Waals surface area contributed by atoms with Gasteiger partial charge in [-0.3, -0.25) is 4.79 Å². The van der Waals surface area contributed by atoms with Gasteiger partial charge in [-0.2, -0.15) is 5.26 Å². The van der Waals surface area contributed by atoms with Gasteiger partial charge in [-0.15, -0.1) is 0 Å². The normalized spacial score (nSPS) is 41.6. The number of likely N-dealkylation sites (tertiary alicyclic amines) is 1. The maximum absolute atomic E-state index is 12.6. The molecule has 0 aromatic rings. The number of ether oxygens (including phenoxy) is 1. The Labute approximate surface area is 147 Å². The molecule has 0 radical (unpaired) electrons. The van der Waals surface area contributed by atoms with Crippen molar-refractivity contribution in [3.63, 3.8) is 0 Å². The second-order valence-corrected chi connectivity index (χ2v) is 8.57. The first-order chi connectivity index (χ1) is 11.9. The summed E-state index contributed by atoms with van der Waals surface area (Å²) in [6, 6.07) is 1.94. The number of nitrogens with two attached hydrogens (primary N) is 1. The highest BCUT2D eigenvalue weighted by atomic mass is 16.6. The monoisotopic (exact) mass is 346 g/mol. The molecular weight excluding hydrogens is 320 g/mol. The Hall–Kier alpha value is -1.81. The predicted molar refractivity (Wildman–Crippen MR) is 89.2 cm³/mol. The van der Waals surface area contributed by atoms with Crippen molar-refractivity contribution in [1.82, 2.24) is 10.2 Å². The van der Waals surface area contributed by atoms with Gasteiger partial charge in [0.05, 0.1) is 12.6 Å². The zero-order valence-electron chi connectivity index (χ0n) is 14.5. The quantitative estimate of drug-likeness (QED) is 0.797. The van der Waals surface area contributed by atoms with E-state index in [1.165, 1.54) is 6.42 Å². The molecular formula is C18H26N4O3. The van der Waals surface area contributed by atoms with Crippen LogP contribution in [0, 0.1) is 23.2 Å². The van der Waals surface area contributed by atoms with Gasteiger partial charge in [-0.25, -0.2) is 4.79 Å². The van der Waals surface area contributed by atoms with E-state index in [-0.39, 0.29) is 24.0 Å². The van der Waals surface area contributed by atoms with Crippen LogP contribution in [0.5, 0.6) is 0 Å². The Kier molecular flexibility index (Phi) is 3.91. The standard InChI is InChI=1S/C18H26N4O3/c19-9-14-2-1-3-22(14)15(23)10-21-17-5-12-4-13(6-17)8-18(7-12,11-17)25-16(20)24/h12-14,21H,1-8,10-11H2,(H2,20,24)/t12?,13?,14-,17?,18?/m0/s1. The van der Waals surface area contributed by atoms with Crippen molar-refractivity contribution >= 4 is 12.0 Å². The van der Waals surface area contributed by atoms with Crippen LogP contribution in [0.25, 0.3) is 0 Å². The molecule has 1 aliphatic heterocycles. The first-order valence-electron chi connectivity index (χ1n) is 9.35. The topological polar surface area (TPSA) is 108 Å². The Morgan fingerprint density at radius 2 is 2.00 bits per heavy atom. The number of rotatable bonds is 4. The van der Waals surface area contributed by atoms with Crippen molar-refractivity contribution < 1.29 is 14.3 Å². The number of nitrogens with one attached hydrogen (secondary N) is 1. The fourth-order valence-corrected chi connectivity index (χ4v) is 6.28. The van der Waals surface area contributed by atoms with E-state index in [1.54, 1.807) is 4.90 Å². The molecule has 4 saturated carbocycles. The Balaban J connectivity index is 1.44. The number of nitrogens with zero attached hydrogens (tertiary/aromatic N) is 2. The first kappa shape index (κ1) is 16.6. The van der Waals surface area contributed by atoms with Crippen LogP contribution < -0.4 is 11.1 Å². The van der Waals surface area contributed by atoms with Gasteiger partial charge in [0.2, 0.25) is 5.91 Å². The van der Waals surface area contributed by atoms with Crippen LogP contribution in [0.1, 0.15) is 51.4 Å². The SMILES string of the molecule is N#C[C@@H]1CCCN1C(=O)CNC12CC3CC(C1)CC(OC(N)=O)(C3)C2. The smallest absolute Gasteiger partial charge is 0.405 e. The van der Waals surface area contributed by atoms with Gasteiger partial charge < -0.3 is 20.7 Å². The molecule has 4 bridgehead atoms. The van der Waals surface area contributed by atoms with E-state index in [0.29, 0.717) is 18.4 Å². The number of nitriles is 1. The minimum absolute atomic E-state index is 0.00432. The van der Waals surface area contributed by atoms with Crippen LogP contribution >= 0.6 is 0 Å². The molecule has 4 aliphatic carbocycles. The Bertz CT molecular complexity index is 614. The third kappa shape index (κ3) is 2.97.